The Morgan fingerprint density at radius 3 is 2.55 bits per heavy atom. The summed E-state index contributed by atoms with van der Waals surface area (Å²) in [6.07, 6.45) is 0. The predicted molar refractivity (Wildman–Crippen MR) is 80.7 cm³/mol. The molecular formula is C15H14BrNO3. The van der Waals surface area contributed by atoms with Gasteiger partial charge in [0.15, 0.2) is 0 Å². The maximum Gasteiger partial charge on any atom is 0.338 e. The fraction of sp³-hybridized carbons (Fsp3) is 0.133. The van der Waals surface area contributed by atoms with Crippen LogP contribution in [0.1, 0.15) is 15.9 Å². The van der Waals surface area contributed by atoms with E-state index in [1.807, 2.05) is 18.2 Å². The number of esters is 1. The number of methoxy groups -OCH3 is 1. The third-order valence-electron chi connectivity index (χ3n) is 2.75. The first-order chi connectivity index (χ1) is 9.60. The van der Waals surface area contributed by atoms with Gasteiger partial charge in [-0.1, -0.05) is 15.9 Å². The minimum Gasteiger partial charge on any atom is -0.496 e. The van der Waals surface area contributed by atoms with Crippen molar-refractivity contribution >= 4 is 27.6 Å². The molecule has 2 aromatic carbocycles. The van der Waals surface area contributed by atoms with E-state index >= 15 is 0 Å². The zero-order valence-electron chi connectivity index (χ0n) is 10.9. The lowest BCUT2D eigenvalue weighted by Crippen LogP contribution is -2.06. The van der Waals surface area contributed by atoms with Gasteiger partial charge in [-0.15, -0.1) is 0 Å². The highest BCUT2D eigenvalue weighted by molar-refractivity contribution is 9.10. The van der Waals surface area contributed by atoms with E-state index in [2.05, 4.69) is 15.9 Å². The van der Waals surface area contributed by atoms with Gasteiger partial charge in [-0.25, -0.2) is 4.79 Å². The van der Waals surface area contributed by atoms with Crippen molar-refractivity contribution in [3.05, 3.63) is 58.1 Å². The maximum absolute atomic E-state index is 11.9. The zero-order valence-corrected chi connectivity index (χ0v) is 12.5. The summed E-state index contributed by atoms with van der Waals surface area (Å²) in [5, 5.41) is 0. The van der Waals surface area contributed by atoms with Crippen LogP contribution in [-0.4, -0.2) is 13.1 Å². The third kappa shape index (κ3) is 3.51. The quantitative estimate of drug-likeness (QED) is 0.687. The molecule has 0 fully saturated rings. The average molecular weight is 336 g/mol. The number of rotatable bonds is 4. The van der Waals surface area contributed by atoms with Gasteiger partial charge in [-0.05, 0) is 42.5 Å². The van der Waals surface area contributed by atoms with Gasteiger partial charge in [0.1, 0.15) is 12.4 Å². The van der Waals surface area contributed by atoms with E-state index in [4.69, 9.17) is 15.2 Å². The smallest absolute Gasteiger partial charge is 0.338 e. The molecule has 0 saturated carbocycles. The van der Waals surface area contributed by atoms with E-state index in [1.165, 1.54) is 0 Å². The van der Waals surface area contributed by atoms with E-state index in [-0.39, 0.29) is 6.61 Å². The fourth-order valence-corrected chi connectivity index (χ4v) is 2.11. The summed E-state index contributed by atoms with van der Waals surface area (Å²) >= 11 is 3.38. The molecule has 0 saturated heterocycles. The molecule has 0 aromatic heterocycles. The predicted octanol–water partition coefficient (Wildman–Crippen LogP) is 3.40. The van der Waals surface area contributed by atoms with E-state index in [9.17, 15) is 4.79 Å². The topological polar surface area (TPSA) is 61.5 Å². The van der Waals surface area contributed by atoms with Crippen LogP contribution in [0.4, 0.5) is 5.69 Å². The van der Waals surface area contributed by atoms with Crippen molar-refractivity contribution in [2.24, 2.45) is 0 Å². The Morgan fingerprint density at radius 1 is 1.20 bits per heavy atom. The molecule has 0 bridgehead atoms. The third-order valence-corrected chi connectivity index (χ3v) is 3.24. The van der Waals surface area contributed by atoms with Crippen molar-refractivity contribution in [1.82, 2.24) is 0 Å². The normalized spacial score (nSPS) is 10.1. The van der Waals surface area contributed by atoms with E-state index in [0.717, 1.165) is 10.0 Å². The van der Waals surface area contributed by atoms with Crippen LogP contribution in [0, 0.1) is 0 Å². The van der Waals surface area contributed by atoms with Crippen LogP contribution < -0.4 is 10.5 Å². The number of benzene rings is 2. The lowest BCUT2D eigenvalue weighted by atomic mass is 10.2. The average Bonchev–Trinajstić information content (AvgIpc) is 2.45. The summed E-state index contributed by atoms with van der Waals surface area (Å²) in [6, 6.07) is 12.1. The molecular weight excluding hydrogens is 322 g/mol. The first kappa shape index (κ1) is 14.4. The number of carbonyl (C=O) groups is 1. The van der Waals surface area contributed by atoms with Gasteiger partial charge in [0, 0.05) is 15.7 Å². The molecule has 2 rings (SSSR count). The van der Waals surface area contributed by atoms with Crippen LogP contribution in [0.5, 0.6) is 5.75 Å². The van der Waals surface area contributed by atoms with Gasteiger partial charge in [0.25, 0.3) is 0 Å². The summed E-state index contributed by atoms with van der Waals surface area (Å²) < 4.78 is 11.4. The minimum atomic E-state index is -0.396. The zero-order chi connectivity index (χ0) is 14.5. The summed E-state index contributed by atoms with van der Waals surface area (Å²) in [6.45, 7) is 0.145. The maximum atomic E-state index is 11.9. The van der Waals surface area contributed by atoms with Crippen molar-refractivity contribution in [3.63, 3.8) is 0 Å². The molecule has 0 aliphatic heterocycles. The molecule has 0 amide bonds. The highest BCUT2D eigenvalue weighted by atomic mass is 79.9. The summed E-state index contributed by atoms with van der Waals surface area (Å²) in [4.78, 5) is 11.9. The number of carbonyl (C=O) groups excluding carboxylic acids is 1. The van der Waals surface area contributed by atoms with Crippen molar-refractivity contribution in [3.8, 4) is 5.75 Å². The second-order valence-corrected chi connectivity index (χ2v) is 5.07. The molecule has 0 radical (unpaired) electrons. The van der Waals surface area contributed by atoms with Crippen LogP contribution >= 0.6 is 15.9 Å². The Balaban J connectivity index is 2.06. The van der Waals surface area contributed by atoms with Gasteiger partial charge in [-0.2, -0.15) is 0 Å². The van der Waals surface area contributed by atoms with E-state index in [1.54, 1.807) is 31.4 Å². The van der Waals surface area contributed by atoms with E-state index < -0.39 is 5.97 Å². The molecule has 5 heteroatoms. The van der Waals surface area contributed by atoms with Gasteiger partial charge in [0.05, 0.1) is 12.7 Å². The molecule has 0 unspecified atom stereocenters. The lowest BCUT2D eigenvalue weighted by Gasteiger charge is -2.10. The van der Waals surface area contributed by atoms with Gasteiger partial charge in [0.2, 0.25) is 0 Å². The van der Waals surface area contributed by atoms with Crippen LogP contribution in [0.3, 0.4) is 0 Å². The molecule has 20 heavy (non-hydrogen) atoms. The summed E-state index contributed by atoms with van der Waals surface area (Å²) in [5.74, 6) is 0.283. The Morgan fingerprint density at radius 2 is 1.90 bits per heavy atom. The highest BCUT2D eigenvalue weighted by Crippen LogP contribution is 2.24. The summed E-state index contributed by atoms with van der Waals surface area (Å²) in [5.41, 5.74) is 7.44. The lowest BCUT2D eigenvalue weighted by molar-refractivity contribution is 0.0470. The van der Waals surface area contributed by atoms with Crippen LogP contribution in [0.15, 0.2) is 46.9 Å². The second-order valence-electron chi connectivity index (χ2n) is 4.15. The summed E-state index contributed by atoms with van der Waals surface area (Å²) in [7, 11) is 1.58. The Kier molecular flexibility index (Phi) is 4.63. The van der Waals surface area contributed by atoms with E-state index in [0.29, 0.717) is 17.0 Å². The molecule has 2 aromatic rings. The van der Waals surface area contributed by atoms with Crippen LogP contribution in [0.25, 0.3) is 0 Å². The second kappa shape index (κ2) is 6.43. The molecule has 104 valence electrons. The van der Waals surface area contributed by atoms with Crippen molar-refractivity contribution in [2.75, 3.05) is 12.8 Å². The number of hydrogen-bond donors (Lipinski definition) is 1. The number of hydrogen-bond acceptors (Lipinski definition) is 4. The van der Waals surface area contributed by atoms with Gasteiger partial charge >= 0.3 is 5.97 Å². The Hall–Kier alpha value is -2.01. The Labute approximate surface area is 125 Å². The number of ether oxygens (including phenoxy) is 2. The van der Waals surface area contributed by atoms with Crippen molar-refractivity contribution in [2.45, 2.75) is 6.61 Å². The first-order valence-corrected chi connectivity index (χ1v) is 6.74. The largest absolute Gasteiger partial charge is 0.496 e. The highest BCUT2D eigenvalue weighted by Gasteiger charge is 2.10. The molecule has 0 aliphatic rings. The monoisotopic (exact) mass is 335 g/mol. The molecule has 0 heterocycles. The molecule has 2 N–H and O–H groups in total. The fourth-order valence-electron chi connectivity index (χ4n) is 1.71. The first-order valence-electron chi connectivity index (χ1n) is 5.95. The van der Waals surface area contributed by atoms with Crippen LogP contribution in [-0.2, 0) is 11.3 Å². The molecule has 0 atom stereocenters. The van der Waals surface area contributed by atoms with Crippen molar-refractivity contribution < 1.29 is 14.3 Å². The standard InChI is InChI=1S/C15H14BrNO3/c1-19-14-7-4-12(16)8-11(14)9-20-15(18)10-2-5-13(17)6-3-10/h2-8H,9,17H2,1H3. The number of nitrogens with two attached hydrogens (primary N) is 1. The minimum absolute atomic E-state index is 0.145. The molecule has 4 nitrogen and oxygen atoms in total. The van der Waals surface area contributed by atoms with Crippen molar-refractivity contribution in [1.29, 1.82) is 0 Å². The number of anilines is 1. The van der Waals surface area contributed by atoms with Gasteiger partial charge < -0.3 is 15.2 Å². The molecule has 0 aliphatic carbocycles. The number of nitrogen functional groups attached to an aromatic ring is 1. The SMILES string of the molecule is COc1ccc(Br)cc1COC(=O)c1ccc(N)cc1. The molecule has 0 spiro atoms. The van der Waals surface area contributed by atoms with Gasteiger partial charge in [-0.3, -0.25) is 0 Å². The van der Waals surface area contributed by atoms with Crippen LogP contribution in [0.2, 0.25) is 0 Å². The number of halogens is 1. The Bertz CT molecular complexity index is 611.